The first-order valence-corrected chi connectivity index (χ1v) is 14.3. The minimum Gasteiger partial charge on any atom is -0.489 e. The second-order valence-electron chi connectivity index (χ2n) is 6.86. The van der Waals surface area contributed by atoms with Crippen LogP contribution in [-0.2, 0) is 33.8 Å². The van der Waals surface area contributed by atoms with E-state index < -0.39 is 20.9 Å². The fourth-order valence-corrected chi connectivity index (χ4v) is 8.04. The molecule has 9 heteroatoms. The zero-order chi connectivity index (χ0) is 23.5. The highest BCUT2D eigenvalue weighted by Gasteiger charge is 2.43. The predicted molar refractivity (Wildman–Crippen MR) is 127 cm³/mol. The lowest BCUT2D eigenvalue weighted by Gasteiger charge is -2.29. The molecule has 1 atom stereocenters. The van der Waals surface area contributed by atoms with Crippen molar-refractivity contribution in [3.8, 4) is 5.75 Å². The highest BCUT2D eigenvalue weighted by molar-refractivity contribution is 7.58. The second-order valence-corrected chi connectivity index (χ2v) is 11.2. The summed E-state index contributed by atoms with van der Waals surface area (Å²) in [5.74, 6) is 0.664. The molecule has 0 fully saturated rings. The van der Waals surface area contributed by atoms with E-state index in [0.29, 0.717) is 17.9 Å². The minimum atomic E-state index is -3.65. The number of ether oxygens (including phenoxy) is 1. The maximum atomic E-state index is 13.7. The van der Waals surface area contributed by atoms with Crippen molar-refractivity contribution in [3.05, 3.63) is 65.7 Å². The molecule has 7 nitrogen and oxygen atoms in total. The average Bonchev–Trinajstić information content (AvgIpc) is 2.78. The largest absolute Gasteiger partial charge is 0.489 e. The van der Waals surface area contributed by atoms with E-state index >= 15 is 0 Å². The Balaban J connectivity index is 2.31. The van der Waals surface area contributed by atoms with Gasteiger partial charge in [-0.2, -0.15) is 0 Å². The molecule has 2 rings (SSSR count). The normalized spacial score (nSPS) is 13.1. The molecule has 0 aromatic heterocycles. The van der Waals surface area contributed by atoms with E-state index in [1.807, 2.05) is 30.3 Å². The monoisotopic (exact) mass is 484 g/mol. The van der Waals surface area contributed by atoms with E-state index in [1.165, 1.54) is 0 Å². The van der Waals surface area contributed by atoms with Gasteiger partial charge in [-0.3, -0.25) is 9.13 Å². The Morgan fingerprint density at radius 1 is 0.719 bits per heavy atom. The van der Waals surface area contributed by atoms with Crippen molar-refractivity contribution < 1.29 is 32.0 Å². The van der Waals surface area contributed by atoms with Crippen molar-refractivity contribution in [1.29, 1.82) is 0 Å². The summed E-state index contributed by atoms with van der Waals surface area (Å²) in [6, 6.07) is 17.0. The van der Waals surface area contributed by atoms with Gasteiger partial charge >= 0.3 is 15.2 Å². The molecule has 178 valence electrons. The molecular weight excluding hydrogens is 450 g/mol. The van der Waals surface area contributed by atoms with Crippen LogP contribution in [0.15, 0.2) is 54.6 Å². The van der Waals surface area contributed by atoms with Crippen molar-refractivity contribution in [2.45, 2.75) is 40.0 Å². The molecule has 0 amide bonds. The molecule has 0 aliphatic carbocycles. The SMILES string of the molecule is CCOP(=O)(CC(c1ccc(OCc2ccccc2)cc1)P(=O)(OCC)OCC)OCC. The Bertz CT molecular complexity index is 867. The van der Waals surface area contributed by atoms with Crippen LogP contribution >= 0.6 is 15.2 Å². The van der Waals surface area contributed by atoms with Crippen molar-refractivity contribution in [2.24, 2.45) is 0 Å². The van der Waals surface area contributed by atoms with Gasteiger partial charge in [0.1, 0.15) is 12.4 Å². The first kappa shape index (κ1) is 26.8. The fourth-order valence-electron chi connectivity index (χ4n) is 3.24. The Labute approximate surface area is 191 Å². The van der Waals surface area contributed by atoms with Crippen LogP contribution in [0.1, 0.15) is 44.5 Å². The van der Waals surface area contributed by atoms with Gasteiger partial charge in [-0.15, -0.1) is 0 Å². The van der Waals surface area contributed by atoms with E-state index in [2.05, 4.69) is 0 Å². The quantitative estimate of drug-likeness (QED) is 0.256. The second kappa shape index (κ2) is 13.3. The zero-order valence-electron chi connectivity index (χ0n) is 19.3. The van der Waals surface area contributed by atoms with Crippen LogP contribution in [0.5, 0.6) is 5.75 Å². The molecule has 2 aromatic carbocycles. The molecule has 0 spiro atoms. The lowest BCUT2D eigenvalue weighted by molar-refractivity contribution is 0.203. The first-order chi connectivity index (χ1) is 15.4. The summed E-state index contributed by atoms with van der Waals surface area (Å²) in [5, 5.41) is 0. The standard InChI is InChI=1S/C23H34O7P2/c1-5-27-31(24,28-6-2)19-23(32(25,29-7-3)30-8-4)21-14-16-22(17-15-21)26-18-20-12-10-9-11-13-20/h9-17,23H,5-8,18-19H2,1-4H3. The highest BCUT2D eigenvalue weighted by Crippen LogP contribution is 2.66. The van der Waals surface area contributed by atoms with Gasteiger partial charge in [0, 0.05) is 0 Å². The van der Waals surface area contributed by atoms with Gasteiger partial charge in [0.15, 0.2) is 0 Å². The molecule has 2 aromatic rings. The Kier molecular flexibility index (Phi) is 11.1. The Morgan fingerprint density at radius 3 is 1.75 bits per heavy atom. The van der Waals surface area contributed by atoms with Crippen LogP contribution in [0.2, 0.25) is 0 Å². The molecule has 0 bridgehead atoms. The maximum Gasteiger partial charge on any atom is 0.338 e. The van der Waals surface area contributed by atoms with Crippen molar-refractivity contribution in [2.75, 3.05) is 32.6 Å². The van der Waals surface area contributed by atoms with Crippen LogP contribution in [0, 0.1) is 0 Å². The maximum absolute atomic E-state index is 13.7. The summed E-state index contributed by atoms with van der Waals surface area (Å²) in [7, 11) is -7.16. The summed E-state index contributed by atoms with van der Waals surface area (Å²) in [6.07, 6.45) is -0.115. The topological polar surface area (TPSA) is 80.3 Å². The van der Waals surface area contributed by atoms with E-state index in [0.717, 1.165) is 5.56 Å². The number of hydrogen-bond acceptors (Lipinski definition) is 7. The molecule has 0 heterocycles. The summed E-state index contributed by atoms with van der Waals surface area (Å²) in [5.41, 5.74) is 0.900. The summed E-state index contributed by atoms with van der Waals surface area (Å²) in [6.45, 7) is 8.22. The number of hydrogen-bond donors (Lipinski definition) is 0. The minimum absolute atomic E-state index is 0.115. The van der Waals surface area contributed by atoms with Crippen LogP contribution < -0.4 is 4.74 Å². The van der Waals surface area contributed by atoms with Crippen LogP contribution in [0.4, 0.5) is 0 Å². The summed E-state index contributed by atoms with van der Waals surface area (Å²) < 4.78 is 54.9. The van der Waals surface area contributed by atoms with Gasteiger partial charge in [-0.25, -0.2) is 0 Å². The zero-order valence-corrected chi connectivity index (χ0v) is 21.1. The van der Waals surface area contributed by atoms with Crippen LogP contribution in [-0.4, -0.2) is 32.6 Å². The Morgan fingerprint density at radius 2 is 1.25 bits per heavy atom. The molecule has 0 aliphatic heterocycles. The molecular formula is C23H34O7P2. The molecule has 0 N–H and O–H groups in total. The van der Waals surface area contributed by atoms with Crippen molar-refractivity contribution >= 4 is 15.2 Å². The average molecular weight is 484 g/mol. The van der Waals surface area contributed by atoms with Crippen molar-refractivity contribution in [3.63, 3.8) is 0 Å². The van der Waals surface area contributed by atoms with Crippen molar-refractivity contribution in [1.82, 2.24) is 0 Å². The first-order valence-electron chi connectivity index (χ1n) is 10.9. The number of benzene rings is 2. The van der Waals surface area contributed by atoms with E-state index in [4.69, 9.17) is 22.8 Å². The lowest BCUT2D eigenvalue weighted by atomic mass is 10.1. The van der Waals surface area contributed by atoms with E-state index in [1.54, 1.807) is 52.0 Å². The fraction of sp³-hybridized carbons (Fsp3) is 0.478. The smallest absolute Gasteiger partial charge is 0.338 e. The molecule has 32 heavy (non-hydrogen) atoms. The van der Waals surface area contributed by atoms with Gasteiger partial charge in [-0.1, -0.05) is 42.5 Å². The van der Waals surface area contributed by atoms with Crippen LogP contribution in [0.3, 0.4) is 0 Å². The molecule has 1 unspecified atom stereocenters. The molecule has 0 saturated carbocycles. The lowest BCUT2D eigenvalue weighted by Crippen LogP contribution is -2.13. The van der Waals surface area contributed by atoms with Crippen LogP contribution in [0.25, 0.3) is 0 Å². The molecule has 0 saturated heterocycles. The summed E-state index contributed by atoms with van der Waals surface area (Å²) in [4.78, 5) is 0. The van der Waals surface area contributed by atoms with Gasteiger partial charge in [0.2, 0.25) is 0 Å². The summed E-state index contributed by atoms with van der Waals surface area (Å²) >= 11 is 0. The van der Waals surface area contributed by atoms with Gasteiger partial charge < -0.3 is 22.8 Å². The third-order valence-electron chi connectivity index (χ3n) is 4.56. The van der Waals surface area contributed by atoms with E-state index in [-0.39, 0.29) is 32.6 Å². The highest BCUT2D eigenvalue weighted by atomic mass is 31.2. The van der Waals surface area contributed by atoms with Gasteiger partial charge in [0.25, 0.3) is 0 Å². The van der Waals surface area contributed by atoms with Gasteiger partial charge in [0.05, 0.1) is 38.2 Å². The van der Waals surface area contributed by atoms with E-state index in [9.17, 15) is 9.13 Å². The Hall–Kier alpha value is -1.46. The molecule has 0 aliphatic rings. The third-order valence-corrected chi connectivity index (χ3v) is 9.45. The third kappa shape index (κ3) is 7.84. The predicted octanol–water partition coefficient (Wildman–Crippen LogP) is 6.84. The molecule has 0 radical (unpaired) electrons. The number of rotatable bonds is 15. The van der Waals surface area contributed by atoms with Gasteiger partial charge in [-0.05, 0) is 51.0 Å².